The first-order valence-corrected chi connectivity index (χ1v) is 9.08. The van der Waals surface area contributed by atoms with Gasteiger partial charge in [-0.3, -0.25) is 9.69 Å². The molecule has 5 heteroatoms. The minimum absolute atomic E-state index is 0.225. The average molecular weight is 334 g/mol. The summed E-state index contributed by atoms with van der Waals surface area (Å²) in [6, 6.07) is 6.13. The second-order valence-electron chi connectivity index (χ2n) is 7.03. The van der Waals surface area contributed by atoms with Crippen molar-refractivity contribution < 1.29 is 14.3 Å². The lowest BCUT2D eigenvalue weighted by Crippen LogP contribution is -2.51. The molecule has 2 aliphatic rings. The molecule has 1 aromatic carbocycles. The normalized spacial score (nSPS) is 21.7. The summed E-state index contributed by atoms with van der Waals surface area (Å²) >= 11 is 0. The molecule has 24 heavy (non-hydrogen) atoms. The third-order valence-corrected chi connectivity index (χ3v) is 5.30. The van der Waals surface area contributed by atoms with E-state index >= 15 is 0 Å². The minimum Gasteiger partial charge on any atom is -0.387 e. The van der Waals surface area contributed by atoms with Gasteiger partial charge in [0.1, 0.15) is 5.82 Å². The standard InChI is InChI=1S/C19H27FN2O2/c20-17-8-4-7-16(13-17)18(23)14-21-9-11-22(12-10-21)19(24)15-5-2-1-3-6-15/h4,7-8,13,15,18,23H,1-3,5-6,9-12,14H2/t18-/m1/s1. The molecule has 4 nitrogen and oxygen atoms in total. The van der Waals surface area contributed by atoms with Crippen LogP contribution in [0.15, 0.2) is 24.3 Å². The number of carbonyl (C=O) groups excluding carboxylic acids is 1. The molecule has 1 N–H and O–H groups in total. The predicted molar refractivity (Wildman–Crippen MR) is 91.0 cm³/mol. The maximum atomic E-state index is 13.3. The molecule has 0 spiro atoms. The number of amides is 1. The molecule has 1 atom stereocenters. The van der Waals surface area contributed by atoms with Crippen LogP contribution in [0.5, 0.6) is 0 Å². The summed E-state index contributed by atoms with van der Waals surface area (Å²) in [5.74, 6) is 0.220. The van der Waals surface area contributed by atoms with Crippen molar-refractivity contribution in [3.05, 3.63) is 35.6 Å². The zero-order valence-electron chi connectivity index (χ0n) is 14.2. The number of aliphatic hydroxyl groups excluding tert-OH is 1. The van der Waals surface area contributed by atoms with Crippen molar-refractivity contribution in [2.75, 3.05) is 32.7 Å². The van der Waals surface area contributed by atoms with E-state index in [-0.39, 0.29) is 11.7 Å². The third-order valence-electron chi connectivity index (χ3n) is 5.30. The van der Waals surface area contributed by atoms with Crippen LogP contribution in [0.25, 0.3) is 0 Å². The highest BCUT2D eigenvalue weighted by Gasteiger charge is 2.28. The van der Waals surface area contributed by atoms with Crippen LogP contribution in [0.2, 0.25) is 0 Å². The topological polar surface area (TPSA) is 43.8 Å². The van der Waals surface area contributed by atoms with Gasteiger partial charge in [-0.05, 0) is 30.5 Å². The van der Waals surface area contributed by atoms with Crippen molar-refractivity contribution in [1.29, 1.82) is 0 Å². The zero-order valence-corrected chi connectivity index (χ0v) is 14.2. The van der Waals surface area contributed by atoms with E-state index < -0.39 is 6.10 Å². The second kappa shape index (κ2) is 8.08. The lowest BCUT2D eigenvalue weighted by molar-refractivity contribution is -0.138. The van der Waals surface area contributed by atoms with E-state index in [9.17, 15) is 14.3 Å². The van der Waals surface area contributed by atoms with Gasteiger partial charge in [-0.2, -0.15) is 0 Å². The SMILES string of the molecule is O=C(C1CCCCC1)N1CCN(C[C@@H](O)c2cccc(F)c2)CC1. The van der Waals surface area contributed by atoms with E-state index in [0.29, 0.717) is 18.0 Å². The maximum absolute atomic E-state index is 13.3. The molecule has 0 radical (unpaired) electrons. The Morgan fingerprint density at radius 3 is 2.54 bits per heavy atom. The van der Waals surface area contributed by atoms with E-state index in [0.717, 1.165) is 39.0 Å². The highest BCUT2D eigenvalue weighted by molar-refractivity contribution is 5.79. The Morgan fingerprint density at radius 1 is 1.17 bits per heavy atom. The van der Waals surface area contributed by atoms with Gasteiger partial charge in [0.05, 0.1) is 6.10 Å². The summed E-state index contributed by atoms with van der Waals surface area (Å²) in [5, 5.41) is 10.3. The molecule has 1 aliphatic carbocycles. The number of β-amino-alcohol motifs (C(OH)–C–C–N with tert-alkyl or cyclic N) is 1. The van der Waals surface area contributed by atoms with Crippen LogP contribution in [0.4, 0.5) is 4.39 Å². The third kappa shape index (κ3) is 4.33. The average Bonchev–Trinajstić information content (AvgIpc) is 2.62. The van der Waals surface area contributed by atoms with Crippen molar-refractivity contribution in [1.82, 2.24) is 9.80 Å². The zero-order chi connectivity index (χ0) is 16.9. The van der Waals surface area contributed by atoms with Crippen molar-refractivity contribution in [2.45, 2.75) is 38.2 Å². The molecule has 1 aliphatic heterocycles. The van der Waals surface area contributed by atoms with Crippen molar-refractivity contribution >= 4 is 5.91 Å². The Bertz CT molecular complexity index is 552. The van der Waals surface area contributed by atoms with Gasteiger partial charge in [-0.25, -0.2) is 4.39 Å². The minimum atomic E-state index is -0.693. The molecule has 3 rings (SSSR count). The van der Waals surface area contributed by atoms with Gasteiger partial charge >= 0.3 is 0 Å². The monoisotopic (exact) mass is 334 g/mol. The van der Waals surface area contributed by atoms with Gasteiger partial charge in [0.2, 0.25) is 5.91 Å². The molecule has 0 aromatic heterocycles. The van der Waals surface area contributed by atoms with Crippen LogP contribution < -0.4 is 0 Å². The highest BCUT2D eigenvalue weighted by Crippen LogP contribution is 2.26. The van der Waals surface area contributed by atoms with Crippen LogP contribution in [-0.2, 0) is 4.79 Å². The Labute approximate surface area is 143 Å². The van der Waals surface area contributed by atoms with Crippen LogP contribution in [0, 0.1) is 11.7 Å². The summed E-state index contributed by atoms with van der Waals surface area (Å²) in [7, 11) is 0. The van der Waals surface area contributed by atoms with Gasteiger partial charge in [0.25, 0.3) is 0 Å². The van der Waals surface area contributed by atoms with Gasteiger partial charge in [0.15, 0.2) is 0 Å². The molecular formula is C19H27FN2O2. The van der Waals surface area contributed by atoms with Gasteiger partial charge in [-0.15, -0.1) is 0 Å². The van der Waals surface area contributed by atoms with Crippen molar-refractivity contribution in [2.24, 2.45) is 5.92 Å². The molecule has 1 aromatic rings. The number of piperazine rings is 1. The van der Waals surface area contributed by atoms with E-state index in [1.165, 1.54) is 31.4 Å². The largest absolute Gasteiger partial charge is 0.387 e. The highest BCUT2D eigenvalue weighted by atomic mass is 19.1. The summed E-state index contributed by atoms with van der Waals surface area (Å²) in [5.41, 5.74) is 0.607. The Balaban J connectivity index is 1.47. The number of hydrogen-bond donors (Lipinski definition) is 1. The molecule has 1 heterocycles. The number of halogens is 1. The Kier molecular flexibility index (Phi) is 5.85. The fraction of sp³-hybridized carbons (Fsp3) is 0.632. The molecule has 2 fully saturated rings. The first-order valence-electron chi connectivity index (χ1n) is 9.08. The van der Waals surface area contributed by atoms with Gasteiger partial charge in [0, 0.05) is 38.6 Å². The first kappa shape index (κ1) is 17.4. The summed E-state index contributed by atoms with van der Waals surface area (Å²) in [6.45, 7) is 3.47. The number of nitrogens with zero attached hydrogens (tertiary/aromatic N) is 2. The molecule has 1 amide bonds. The number of hydrogen-bond acceptors (Lipinski definition) is 3. The summed E-state index contributed by atoms with van der Waals surface area (Å²) < 4.78 is 13.3. The van der Waals surface area contributed by atoms with Crippen LogP contribution in [0.3, 0.4) is 0 Å². The Morgan fingerprint density at radius 2 is 1.88 bits per heavy atom. The smallest absolute Gasteiger partial charge is 0.225 e. The van der Waals surface area contributed by atoms with Crippen LogP contribution in [0.1, 0.15) is 43.8 Å². The van der Waals surface area contributed by atoms with Crippen molar-refractivity contribution in [3.8, 4) is 0 Å². The second-order valence-corrected chi connectivity index (χ2v) is 7.03. The number of aliphatic hydroxyl groups is 1. The molecule has 1 saturated carbocycles. The quantitative estimate of drug-likeness (QED) is 0.920. The van der Waals surface area contributed by atoms with E-state index in [4.69, 9.17) is 0 Å². The number of rotatable bonds is 4. The van der Waals surface area contributed by atoms with Gasteiger partial charge in [-0.1, -0.05) is 31.4 Å². The van der Waals surface area contributed by atoms with E-state index in [1.807, 2.05) is 4.90 Å². The fourth-order valence-corrected chi connectivity index (χ4v) is 3.82. The lowest BCUT2D eigenvalue weighted by Gasteiger charge is -2.37. The molecule has 0 bridgehead atoms. The molecule has 1 saturated heterocycles. The van der Waals surface area contributed by atoms with Crippen molar-refractivity contribution in [3.63, 3.8) is 0 Å². The molecule has 132 valence electrons. The summed E-state index contributed by atoms with van der Waals surface area (Å²) in [4.78, 5) is 16.7. The fourth-order valence-electron chi connectivity index (χ4n) is 3.82. The first-order chi connectivity index (χ1) is 11.6. The van der Waals surface area contributed by atoms with E-state index in [1.54, 1.807) is 12.1 Å². The summed E-state index contributed by atoms with van der Waals surface area (Å²) in [6.07, 6.45) is 5.00. The predicted octanol–water partition coefficient (Wildman–Crippen LogP) is 2.58. The van der Waals surface area contributed by atoms with E-state index in [2.05, 4.69) is 4.90 Å². The van der Waals surface area contributed by atoms with Crippen LogP contribution in [-0.4, -0.2) is 53.5 Å². The number of carbonyl (C=O) groups is 1. The Hall–Kier alpha value is -1.46. The lowest BCUT2D eigenvalue weighted by atomic mass is 9.88. The number of benzene rings is 1. The maximum Gasteiger partial charge on any atom is 0.225 e. The van der Waals surface area contributed by atoms with Crippen LogP contribution >= 0.6 is 0 Å². The molecule has 0 unspecified atom stereocenters. The molecular weight excluding hydrogens is 307 g/mol. The van der Waals surface area contributed by atoms with Gasteiger partial charge < -0.3 is 10.0 Å².